The molecule has 0 aromatic heterocycles. The quantitative estimate of drug-likeness (QED) is 0.773. The number of benzene rings is 1. The fourth-order valence-corrected chi connectivity index (χ4v) is 2.02. The van der Waals surface area contributed by atoms with Gasteiger partial charge in [0.1, 0.15) is 5.82 Å². The van der Waals surface area contributed by atoms with E-state index in [0.29, 0.717) is 0 Å². The molecule has 0 radical (unpaired) electrons. The van der Waals surface area contributed by atoms with E-state index in [2.05, 4.69) is 10.6 Å². The maximum Gasteiger partial charge on any atom is 0.241 e. The van der Waals surface area contributed by atoms with Gasteiger partial charge in [0.15, 0.2) is 0 Å². The first-order valence-corrected chi connectivity index (χ1v) is 7.64. The van der Waals surface area contributed by atoms with Crippen molar-refractivity contribution in [2.75, 3.05) is 37.5 Å². The van der Waals surface area contributed by atoms with Crippen molar-refractivity contribution in [1.29, 1.82) is 0 Å². The van der Waals surface area contributed by atoms with Crippen LogP contribution in [0.2, 0.25) is 0 Å². The van der Waals surface area contributed by atoms with Gasteiger partial charge in [-0.3, -0.25) is 14.4 Å². The molecule has 0 saturated heterocycles. The Bertz CT molecular complexity index is 552. The number of amides is 3. The molecule has 0 heterocycles. The van der Waals surface area contributed by atoms with Crippen LogP contribution in [-0.2, 0) is 14.4 Å². The second kappa shape index (κ2) is 9.04. The number of carbonyl (C=O) groups excluding carboxylic acids is 3. The predicted octanol–water partition coefficient (Wildman–Crippen LogP) is 0.702. The number of hydrogen-bond acceptors (Lipinski definition) is 4. The lowest BCUT2D eigenvalue weighted by atomic mass is 10.3. The van der Waals surface area contributed by atoms with Gasteiger partial charge in [-0.05, 0) is 12.1 Å². The number of hydrogen-bond donors (Lipinski definition) is 2. The van der Waals surface area contributed by atoms with E-state index in [4.69, 9.17) is 0 Å². The van der Waals surface area contributed by atoms with Crippen LogP contribution in [-0.4, -0.2) is 54.8 Å². The number of para-hydroxylation sites is 1. The van der Waals surface area contributed by atoms with Crippen molar-refractivity contribution in [1.82, 2.24) is 10.2 Å². The van der Waals surface area contributed by atoms with Gasteiger partial charge in [0.2, 0.25) is 17.7 Å². The normalized spacial score (nSPS) is 9.95. The lowest BCUT2D eigenvalue weighted by molar-refractivity contribution is -0.130. The molecule has 2 N–H and O–H groups in total. The Morgan fingerprint density at radius 2 is 1.77 bits per heavy atom. The molecule has 120 valence electrons. The topological polar surface area (TPSA) is 78.5 Å². The molecule has 3 amide bonds. The van der Waals surface area contributed by atoms with E-state index in [1.807, 2.05) is 0 Å². The Morgan fingerprint density at radius 3 is 2.41 bits per heavy atom. The minimum atomic E-state index is -0.513. The number of carbonyl (C=O) groups is 3. The third-order valence-corrected chi connectivity index (χ3v) is 3.48. The van der Waals surface area contributed by atoms with Crippen molar-refractivity contribution in [3.63, 3.8) is 0 Å². The molecular weight excluding hydrogens is 309 g/mol. The number of rotatable bonds is 7. The maximum absolute atomic E-state index is 13.3. The summed E-state index contributed by atoms with van der Waals surface area (Å²) < 4.78 is 13.3. The molecule has 0 fully saturated rings. The van der Waals surface area contributed by atoms with E-state index in [0.717, 1.165) is 11.8 Å². The zero-order valence-electron chi connectivity index (χ0n) is 12.4. The number of nitrogens with zero attached hydrogens (tertiary/aromatic N) is 1. The van der Waals surface area contributed by atoms with Crippen LogP contribution in [0.4, 0.5) is 10.1 Å². The van der Waals surface area contributed by atoms with Crippen molar-refractivity contribution in [3.8, 4) is 0 Å². The molecule has 0 aliphatic rings. The summed E-state index contributed by atoms with van der Waals surface area (Å²) in [7, 11) is 3.19. The SMILES string of the molecule is CN(C)C(=O)CNC(=O)CSCC(=O)Nc1ccccc1F. The fraction of sp³-hybridized carbons (Fsp3) is 0.357. The second-order valence-corrected chi connectivity index (χ2v) is 5.57. The van der Waals surface area contributed by atoms with Crippen molar-refractivity contribution in [2.24, 2.45) is 0 Å². The number of anilines is 1. The van der Waals surface area contributed by atoms with Gasteiger partial charge in [0, 0.05) is 14.1 Å². The van der Waals surface area contributed by atoms with E-state index in [1.54, 1.807) is 20.2 Å². The summed E-state index contributed by atoms with van der Waals surface area (Å²) in [6.45, 7) is -0.0756. The number of nitrogens with one attached hydrogen (secondary N) is 2. The molecule has 6 nitrogen and oxygen atoms in total. The van der Waals surface area contributed by atoms with Gasteiger partial charge in [-0.15, -0.1) is 11.8 Å². The van der Waals surface area contributed by atoms with Crippen LogP contribution in [0.3, 0.4) is 0 Å². The van der Waals surface area contributed by atoms with Crippen molar-refractivity contribution in [3.05, 3.63) is 30.1 Å². The summed E-state index contributed by atoms with van der Waals surface area (Å²) in [6, 6.07) is 5.84. The highest BCUT2D eigenvalue weighted by atomic mass is 32.2. The van der Waals surface area contributed by atoms with Crippen LogP contribution in [0.1, 0.15) is 0 Å². The molecule has 22 heavy (non-hydrogen) atoms. The number of thioether (sulfide) groups is 1. The second-order valence-electron chi connectivity index (χ2n) is 4.59. The van der Waals surface area contributed by atoms with Crippen molar-refractivity contribution < 1.29 is 18.8 Å². The van der Waals surface area contributed by atoms with Crippen LogP contribution < -0.4 is 10.6 Å². The van der Waals surface area contributed by atoms with E-state index in [9.17, 15) is 18.8 Å². The summed E-state index contributed by atoms with van der Waals surface area (Å²) in [5, 5.41) is 4.88. The van der Waals surface area contributed by atoms with Gasteiger partial charge in [0.05, 0.1) is 23.7 Å². The molecule has 0 saturated carbocycles. The first-order chi connectivity index (χ1) is 10.4. The van der Waals surface area contributed by atoms with Crippen LogP contribution >= 0.6 is 11.8 Å². The molecule has 0 bridgehead atoms. The molecule has 0 spiro atoms. The molecule has 0 aliphatic carbocycles. The average Bonchev–Trinajstić information content (AvgIpc) is 2.47. The highest BCUT2D eigenvalue weighted by Gasteiger charge is 2.10. The first kappa shape index (κ1) is 18.0. The van der Waals surface area contributed by atoms with Gasteiger partial charge in [-0.1, -0.05) is 12.1 Å². The Labute approximate surface area is 132 Å². The van der Waals surface area contributed by atoms with Crippen molar-refractivity contribution >= 4 is 35.2 Å². The van der Waals surface area contributed by atoms with Crippen LogP contribution in [0, 0.1) is 5.82 Å². The summed E-state index contributed by atoms with van der Waals surface area (Å²) in [5.41, 5.74) is 0.106. The standard InChI is InChI=1S/C14H18FN3O3S/c1-18(2)14(21)7-16-12(19)8-22-9-13(20)17-11-6-4-3-5-10(11)15/h3-6H,7-9H2,1-2H3,(H,16,19)(H,17,20). The van der Waals surface area contributed by atoms with Crippen LogP contribution in [0.25, 0.3) is 0 Å². The zero-order valence-corrected chi connectivity index (χ0v) is 13.2. The van der Waals surface area contributed by atoms with E-state index < -0.39 is 11.7 Å². The lowest BCUT2D eigenvalue weighted by Crippen LogP contribution is -2.37. The molecule has 0 aliphatic heterocycles. The minimum Gasteiger partial charge on any atom is -0.347 e. The molecule has 1 rings (SSSR count). The fourth-order valence-electron chi connectivity index (χ4n) is 1.37. The zero-order chi connectivity index (χ0) is 16.5. The molecular formula is C14H18FN3O3S. The van der Waals surface area contributed by atoms with Crippen LogP contribution in [0.5, 0.6) is 0 Å². The summed E-state index contributed by atoms with van der Waals surface area (Å²) in [4.78, 5) is 35.7. The highest BCUT2D eigenvalue weighted by molar-refractivity contribution is 8.00. The summed E-state index contributed by atoms with van der Waals surface area (Å²) in [6.07, 6.45) is 0. The summed E-state index contributed by atoms with van der Waals surface area (Å²) >= 11 is 1.08. The largest absolute Gasteiger partial charge is 0.347 e. The van der Waals surface area contributed by atoms with Gasteiger partial charge in [-0.2, -0.15) is 0 Å². The first-order valence-electron chi connectivity index (χ1n) is 6.49. The van der Waals surface area contributed by atoms with E-state index in [1.165, 1.54) is 23.1 Å². The molecule has 8 heteroatoms. The van der Waals surface area contributed by atoms with E-state index in [-0.39, 0.29) is 35.6 Å². The van der Waals surface area contributed by atoms with Gasteiger partial charge in [-0.25, -0.2) is 4.39 Å². The highest BCUT2D eigenvalue weighted by Crippen LogP contribution is 2.12. The Kier molecular flexibility index (Phi) is 7.38. The third-order valence-electron chi connectivity index (χ3n) is 2.55. The molecule has 1 aromatic rings. The average molecular weight is 327 g/mol. The van der Waals surface area contributed by atoms with Gasteiger partial charge < -0.3 is 15.5 Å². The monoisotopic (exact) mass is 327 g/mol. The van der Waals surface area contributed by atoms with Gasteiger partial charge in [0.25, 0.3) is 0 Å². The third kappa shape index (κ3) is 6.57. The molecule has 0 unspecified atom stereocenters. The summed E-state index contributed by atoms with van der Waals surface area (Å²) in [5.74, 6) is -1.39. The van der Waals surface area contributed by atoms with Crippen LogP contribution in [0.15, 0.2) is 24.3 Å². The number of likely N-dealkylation sites (N-methyl/N-ethyl adjacent to an activating group) is 1. The van der Waals surface area contributed by atoms with Crippen molar-refractivity contribution in [2.45, 2.75) is 0 Å². The van der Waals surface area contributed by atoms with E-state index >= 15 is 0 Å². The minimum absolute atomic E-state index is 0.0172. The smallest absolute Gasteiger partial charge is 0.241 e. The predicted molar refractivity (Wildman–Crippen MR) is 84.1 cm³/mol. The van der Waals surface area contributed by atoms with Gasteiger partial charge >= 0.3 is 0 Å². The Balaban J connectivity index is 2.24. The Morgan fingerprint density at radius 1 is 1.14 bits per heavy atom. The molecule has 0 atom stereocenters. The Hall–Kier alpha value is -2.09. The lowest BCUT2D eigenvalue weighted by Gasteiger charge is -2.10. The molecule has 1 aromatic carbocycles. The number of halogens is 1. The maximum atomic E-state index is 13.3.